The molecule has 2 rings (SSSR count). The molecule has 0 aromatic carbocycles. The molecule has 15 heavy (non-hydrogen) atoms. The molecule has 1 N–H and O–H groups in total. The molecule has 0 spiro atoms. The number of hydrogen-bond acceptors (Lipinski definition) is 5. The Morgan fingerprint density at radius 2 is 2.20 bits per heavy atom. The zero-order valence-corrected chi connectivity index (χ0v) is 8.64. The maximum Gasteiger partial charge on any atom is 0.423 e. The maximum atomic E-state index is 11.2. The second kappa shape index (κ2) is 3.62. The van der Waals surface area contributed by atoms with Gasteiger partial charge in [-0.05, 0) is 12.8 Å². The first-order valence-electron chi connectivity index (χ1n) is 4.55. The van der Waals surface area contributed by atoms with Gasteiger partial charge in [-0.25, -0.2) is 4.79 Å². The van der Waals surface area contributed by atoms with E-state index in [4.69, 9.17) is 9.84 Å². The highest BCUT2D eigenvalue weighted by Gasteiger charge is 2.47. The molecule has 0 radical (unpaired) electrons. The number of amides is 1. The quantitative estimate of drug-likeness (QED) is 0.678. The molecule has 86 valence electrons. The fraction of sp³-hybridized carbons (Fsp3) is 0.857. The number of carboxylic acid groups (broad SMARTS) is 1. The molecule has 2 atom stereocenters. The highest BCUT2D eigenvalue weighted by Crippen LogP contribution is 2.27. The Kier molecular flexibility index (Phi) is 2.57. The summed E-state index contributed by atoms with van der Waals surface area (Å²) in [5.41, 5.74) is 0. The Labute approximate surface area is 86.8 Å². The largest absolute Gasteiger partial charge is 0.464 e. The first-order chi connectivity index (χ1) is 7.02. The van der Waals surface area contributed by atoms with Crippen LogP contribution in [0.25, 0.3) is 0 Å². The number of hydrogen-bond donors (Lipinski definition) is 1. The average molecular weight is 237 g/mol. The monoisotopic (exact) mass is 237 g/mol. The van der Waals surface area contributed by atoms with Gasteiger partial charge in [-0.3, -0.25) is 4.18 Å². The molecule has 2 aliphatic rings. The van der Waals surface area contributed by atoms with Crippen molar-refractivity contribution >= 4 is 16.4 Å². The van der Waals surface area contributed by atoms with E-state index >= 15 is 0 Å². The molecule has 2 fully saturated rings. The molecular weight excluding hydrogens is 226 g/mol. The molecule has 7 nitrogen and oxygen atoms in total. The SMILES string of the molecule is O=C(O)N1[C@@H]([C@H]2CCCO2)COS1(=O)=O. The molecule has 2 aliphatic heterocycles. The zero-order chi connectivity index (χ0) is 11.1. The van der Waals surface area contributed by atoms with Crippen LogP contribution in [-0.2, 0) is 19.2 Å². The minimum atomic E-state index is -4.12. The van der Waals surface area contributed by atoms with E-state index < -0.39 is 22.4 Å². The fourth-order valence-corrected chi connectivity index (χ4v) is 2.99. The molecule has 0 aliphatic carbocycles. The predicted molar refractivity (Wildman–Crippen MR) is 47.5 cm³/mol. The Bertz CT molecular complexity index is 360. The first-order valence-corrected chi connectivity index (χ1v) is 5.92. The summed E-state index contributed by atoms with van der Waals surface area (Å²) in [6.07, 6.45) is -0.423. The predicted octanol–water partition coefficient (Wildman–Crippen LogP) is -0.211. The normalized spacial score (nSPS) is 34.5. The number of nitrogens with zero attached hydrogens (tertiary/aromatic N) is 1. The topological polar surface area (TPSA) is 93.1 Å². The Morgan fingerprint density at radius 1 is 1.47 bits per heavy atom. The van der Waals surface area contributed by atoms with Crippen LogP contribution >= 0.6 is 0 Å². The lowest BCUT2D eigenvalue weighted by molar-refractivity contribution is 0.0527. The van der Waals surface area contributed by atoms with Crippen LogP contribution in [0, 0.1) is 0 Å². The molecule has 1 amide bonds. The van der Waals surface area contributed by atoms with E-state index in [1.54, 1.807) is 0 Å². The van der Waals surface area contributed by atoms with E-state index in [1.165, 1.54) is 0 Å². The van der Waals surface area contributed by atoms with Gasteiger partial charge in [0.25, 0.3) is 0 Å². The first kappa shape index (κ1) is 10.7. The number of rotatable bonds is 1. The van der Waals surface area contributed by atoms with Crippen LogP contribution in [0.2, 0.25) is 0 Å². The van der Waals surface area contributed by atoms with Gasteiger partial charge in [-0.15, -0.1) is 0 Å². The van der Waals surface area contributed by atoms with Crippen LogP contribution in [0.4, 0.5) is 4.79 Å². The molecule has 2 saturated heterocycles. The van der Waals surface area contributed by atoms with Gasteiger partial charge in [-0.1, -0.05) is 0 Å². The standard InChI is InChI=1S/C7H11NO6S/c9-7(10)8-5(4-14-15(8,11)12)6-2-1-3-13-6/h5-6H,1-4H2,(H,9,10)/t5-,6-/m1/s1. The van der Waals surface area contributed by atoms with Crippen molar-refractivity contribution in [2.75, 3.05) is 13.2 Å². The summed E-state index contributed by atoms with van der Waals surface area (Å²) in [6.45, 7) is 0.383. The van der Waals surface area contributed by atoms with Gasteiger partial charge in [-0.2, -0.15) is 12.7 Å². The molecule has 0 aromatic rings. The van der Waals surface area contributed by atoms with E-state index in [0.29, 0.717) is 17.3 Å². The van der Waals surface area contributed by atoms with E-state index in [9.17, 15) is 13.2 Å². The maximum absolute atomic E-state index is 11.2. The van der Waals surface area contributed by atoms with Gasteiger partial charge >= 0.3 is 16.4 Å². The molecule has 0 bridgehead atoms. The van der Waals surface area contributed by atoms with E-state index in [2.05, 4.69) is 4.18 Å². The summed E-state index contributed by atoms with van der Waals surface area (Å²) in [4.78, 5) is 10.8. The number of carbonyl (C=O) groups is 1. The molecule has 2 heterocycles. The summed E-state index contributed by atoms with van der Waals surface area (Å²) < 4.78 is 32.6. The summed E-state index contributed by atoms with van der Waals surface area (Å²) >= 11 is 0. The van der Waals surface area contributed by atoms with E-state index in [0.717, 1.165) is 6.42 Å². The van der Waals surface area contributed by atoms with Crippen molar-refractivity contribution in [1.82, 2.24) is 4.31 Å². The van der Waals surface area contributed by atoms with Crippen LogP contribution in [-0.4, -0.2) is 49.3 Å². The second-order valence-electron chi connectivity index (χ2n) is 3.44. The minimum absolute atomic E-state index is 0.153. The summed E-state index contributed by atoms with van der Waals surface area (Å²) in [5, 5.41) is 8.79. The third-order valence-corrected chi connectivity index (χ3v) is 3.86. The Balaban J connectivity index is 2.22. The van der Waals surface area contributed by atoms with Crippen LogP contribution in [0.5, 0.6) is 0 Å². The third kappa shape index (κ3) is 1.80. The zero-order valence-electron chi connectivity index (χ0n) is 7.83. The summed E-state index contributed by atoms with van der Waals surface area (Å²) in [7, 11) is -4.12. The molecule has 0 aromatic heterocycles. The van der Waals surface area contributed by atoms with Gasteiger partial charge in [0.15, 0.2) is 0 Å². The third-order valence-electron chi connectivity index (χ3n) is 2.51. The van der Waals surface area contributed by atoms with E-state index in [1.807, 2.05) is 0 Å². The van der Waals surface area contributed by atoms with Gasteiger partial charge < -0.3 is 9.84 Å². The molecule has 0 saturated carbocycles. The van der Waals surface area contributed by atoms with Gasteiger partial charge in [0.05, 0.1) is 12.7 Å². The highest BCUT2D eigenvalue weighted by atomic mass is 32.2. The van der Waals surface area contributed by atoms with Crippen molar-refractivity contribution in [2.45, 2.75) is 25.0 Å². The Morgan fingerprint density at radius 3 is 2.73 bits per heavy atom. The smallest absolute Gasteiger partial charge is 0.423 e. The van der Waals surface area contributed by atoms with Crippen molar-refractivity contribution in [2.24, 2.45) is 0 Å². The molecular formula is C7H11NO6S. The molecule has 8 heteroatoms. The van der Waals surface area contributed by atoms with Crippen LogP contribution in [0.15, 0.2) is 0 Å². The lowest BCUT2D eigenvalue weighted by Crippen LogP contribution is -2.44. The lowest BCUT2D eigenvalue weighted by atomic mass is 10.1. The van der Waals surface area contributed by atoms with Gasteiger partial charge in [0.2, 0.25) is 0 Å². The minimum Gasteiger partial charge on any atom is -0.464 e. The van der Waals surface area contributed by atoms with Crippen molar-refractivity contribution in [1.29, 1.82) is 0 Å². The second-order valence-corrected chi connectivity index (χ2v) is 4.92. The van der Waals surface area contributed by atoms with Gasteiger partial charge in [0, 0.05) is 6.61 Å². The summed E-state index contributed by atoms with van der Waals surface area (Å²) in [6, 6.07) is -0.741. The van der Waals surface area contributed by atoms with Crippen molar-refractivity contribution in [3.63, 3.8) is 0 Å². The van der Waals surface area contributed by atoms with Crippen molar-refractivity contribution < 1.29 is 27.2 Å². The van der Waals surface area contributed by atoms with Crippen LogP contribution < -0.4 is 0 Å². The summed E-state index contributed by atoms with van der Waals surface area (Å²) in [5.74, 6) is 0. The van der Waals surface area contributed by atoms with Crippen molar-refractivity contribution in [3.05, 3.63) is 0 Å². The number of ether oxygens (including phenoxy) is 1. The van der Waals surface area contributed by atoms with Crippen molar-refractivity contribution in [3.8, 4) is 0 Å². The van der Waals surface area contributed by atoms with E-state index in [-0.39, 0.29) is 12.7 Å². The fourth-order valence-electron chi connectivity index (χ4n) is 1.85. The molecule has 0 unspecified atom stereocenters. The highest BCUT2D eigenvalue weighted by molar-refractivity contribution is 7.85. The van der Waals surface area contributed by atoms with Crippen LogP contribution in [0.3, 0.4) is 0 Å². The van der Waals surface area contributed by atoms with Crippen LogP contribution in [0.1, 0.15) is 12.8 Å². The lowest BCUT2D eigenvalue weighted by Gasteiger charge is -2.21. The average Bonchev–Trinajstić information content (AvgIpc) is 2.69. The Hall–Kier alpha value is -0.860. The van der Waals surface area contributed by atoms with Gasteiger partial charge in [0.1, 0.15) is 6.04 Å².